The van der Waals surface area contributed by atoms with Crippen LogP contribution in [-0.2, 0) is 0 Å². The zero-order valence-corrected chi connectivity index (χ0v) is 9.35. The smallest absolute Gasteiger partial charge is 0.347 e. The van der Waals surface area contributed by atoms with E-state index in [-0.39, 0.29) is 0 Å². The molecule has 1 heterocycles. The molecule has 0 bridgehead atoms. The number of benzene rings is 1. The molecule has 2 aromatic rings. The molecule has 76 valence electrons. The second kappa shape index (κ2) is 4.51. The van der Waals surface area contributed by atoms with E-state index < -0.39 is 5.97 Å². The Hall–Kier alpha value is -1.26. The van der Waals surface area contributed by atoms with Crippen molar-refractivity contribution in [3.05, 3.63) is 46.7 Å². The summed E-state index contributed by atoms with van der Waals surface area (Å²) in [6.45, 7) is 0. The monoisotopic (exact) mass is 236 g/mol. The number of thiophene rings is 1. The van der Waals surface area contributed by atoms with Crippen LogP contribution in [0.5, 0.6) is 0 Å². The Morgan fingerprint density at radius 1 is 1.20 bits per heavy atom. The molecule has 0 saturated heterocycles. The van der Waals surface area contributed by atoms with E-state index in [4.69, 9.17) is 5.11 Å². The van der Waals surface area contributed by atoms with E-state index in [0.717, 1.165) is 9.79 Å². The quantitative estimate of drug-likeness (QED) is 0.884. The number of rotatable bonds is 3. The summed E-state index contributed by atoms with van der Waals surface area (Å²) in [5.74, 6) is -0.858. The molecule has 1 aromatic heterocycles. The van der Waals surface area contributed by atoms with Crippen molar-refractivity contribution in [1.29, 1.82) is 0 Å². The van der Waals surface area contributed by atoms with Gasteiger partial charge >= 0.3 is 5.97 Å². The van der Waals surface area contributed by atoms with Crippen LogP contribution in [-0.4, -0.2) is 11.1 Å². The third kappa shape index (κ3) is 2.40. The topological polar surface area (TPSA) is 37.3 Å². The minimum Gasteiger partial charge on any atom is -0.477 e. The highest BCUT2D eigenvalue weighted by atomic mass is 32.2. The van der Waals surface area contributed by atoms with E-state index >= 15 is 0 Å². The largest absolute Gasteiger partial charge is 0.477 e. The Kier molecular flexibility index (Phi) is 3.08. The Bertz CT molecular complexity index is 462. The Morgan fingerprint density at radius 2 is 1.93 bits per heavy atom. The molecule has 0 saturated carbocycles. The van der Waals surface area contributed by atoms with Crippen LogP contribution < -0.4 is 0 Å². The highest BCUT2D eigenvalue weighted by Gasteiger charge is 2.12. The summed E-state index contributed by atoms with van der Waals surface area (Å²) in [4.78, 5) is 13.1. The first-order valence-corrected chi connectivity index (χ1v) is 6.00. The minimum atomic E-state index is -0.858. The van der Waals surface area contributed by atoms with Crippen molar-refractivity contribution >= 4 is 29.1 Å². The fourth-order valence-electron chi connectivity index (χ4n) is 1.15. The minimum absolute atomic E-state index is 0.406. The SMILES string of the molecule is O=C(O)c1sccc1Sc1ccccc1. The van der Waals surface area contributed by atoms with E-state index in [1.807, 2.05) is 36.4 Å². The summed E-state index contributed by atoms with van der Waals surface area (Å²) in [7, 11) is 0. The van der Waals surface area contributed by atoms with Gasteiger partial charge in [-0.2, -0.15) is 0 Å². The van der Waals surface area contributed by atoms with Crippen LogP contribution in [0.15, 0.2) is 51.6 Å². The zero-order valence-electron chi connectivity index (χ0n) is 7.71. The first-order valence-electron chi connectivity index (χ1n) is 4.31. The fourth-order valence-corrected chi connectivity index (χ4v) is 2.99. The third-order valence-electron chi connectivity index (χ3n) is 1.79. The highest BCUT2D eigenvalue weighted by molar-refractivity contribution is 7.99. The van der Waals surface area contributed by atoms with Gasteiger partial charge in [0.1, 0.15) is 4.88 Å². The maximum Gasteiger partial charge on any atom is 0.347 e. The molecule has 1 N–H and O–H groups in total. The molecular formula is C11H8O2S2. The van der Waals surface area contributed by atoms with E-state index in [2.05, 4.69) is 0 Å². The van der Waals surface area contributed by atoms with Crippen LogP contribution in [0, 0.1) is 0 Å². The van der Waals surface area contributed by atoms with E-state index in [1.54, 1.807) is 5.38 Å². The molecular weight excluding hydrogens is 228 g/mol. The average Bonchev–Trinajstić information content (AvgIpc) is 2.67. The van der Waals surface area contributed by atoms with Gasteiger partial charge in [-0.25, -0.2) is 4.79 Å². The van der Waals surface area contributed by atoms with Gasteiger partial charge in [0.2, 0.25) is 0 Å². The summed E-state index contributed by atoms with van der Waals surface area (Å²) in [5, 5.41) is 10.7. The van der Waals surface area contributed by atoms with Gasteiger partial charge in [-0.3, -0.25) is 0 Å². The molecule has 0 amide bonds. The van der Waals surface area contributed by atoms with Crippen LogP contribution in [0.2, 0.25) is 0 Å². The molecule has 0 unspecified atom stereocenters. The number of carboxylic acids is 1. The first kappa shape index (κ1) is 10.3. The Balaban J connectivity index is 2.25. The number of carbonyl (C=O) groups is 1. The molecule has 1 aromatic carbocycles. The Morgan fingerprint density at radius 3 is 2.60 bits per heavy atom. The fraction of sp³-hybridized carbons (Fsp3) is 0. The lowest BCUT2D eigenvalue weighted by atomic mass is 10.4. The first-order chi connectivity index (χ1) is 7.27. The highest BCUT2D eigenvalue weighted by Crippen LogP contribution is 2.33. The van der Waals surface area contributed by atoms with Gasteiger partial charge < -0.3 is 5.11 Å². The van der Waals surface area contributed by atoms with E-state index in [0.29, 0.717) is 4.88 Å². The summed E-state index contributed by atoms with van der Waals surface area (Å²) < 4.78 is 0. The van der Waals surface area contributed by atoms with Crippen molar-refractivity contribution in [3.8, 4) is 0 Å². The lowest BCUT2D eigenvalue weighted by Gasteiger charge is -1.99. The number of aromatic carboxylic acids is 1. The van der Waals surface area contributed by atoms with Crippen LogP contribution >= 0.6 is 23.1 Å². The molecule has 2 nitrogen and oxygen atoms in total. The summed E-state index contributed by atoms with van der Waals surface area (Å²) in [6, 6.07) is 11.6. The lowest BCUT2D eigenvalue weighted by molar-refractivity contribution is 0.0699. The molecule has 0 aliphatic heterocycles. The van der Waals surface area contributed by atoms with Gasteiger partial charge in [0.25, 0.3) is 0 Å². The normalized spacial score (nSPS) is 10.1. The van der Waals surface area contributed by atoms with Crippen molar-refractivity contribution in [2.75, 3.05) is 0 Å². The van der Waals surface area contributed by atoms with Crippen molar-refractivity contribution in [2.45, 2.75) is 9.79 Å². The maximum atomic E-state index is 10.9. The molecule has 0 atom stereocenters. The predicted octanol–water partition coefficient (Wildman–Crippen LogP) is 3.60. The van der Waals surface area contributed by atoms with Gasteiger partial charge in [-0.05, 0) is 23.6 Å². The number of carboxylic acid groups (broad SMARTS) is 1. The van der Waals surface area contributed by atoms with E-state index in [9.17, 15) is 4.79 Å². The summed E-state index contributed by atoms with van der Waals surface area (Å²) in [6.07, 6.45) is 0. The average molecular weight is 236 g/mol. The Labute approximate surface area is 95.6 Å². The molecule has 0 spiro atoms. The molecule has 0 radical (unpaired) electrons. The lowest BCUT2D eigenvalue weighted by Crippen LogP contribution is -1.93. The molecule has 4 heteroatoms. The molecule has 0 aliphatic carbocycles. The molecule has 0 fully saturated rings. The maximum absolute atomic E-state index is 10.9. The van der Waals surface area contributed by atoms with E-state index in [1.165, 1.54) is 23.1 Å². The molecule has 15 heavy (non-hydrogen) atoms. The van der Waals surface area contributed by atoms with Crippen LogP contribution in [0.3, 0.4) is 0 Å². The van der Waals surface area contributed by atoms with Gasteiger partial charge in [0.05, 0.1) is 0 Å². The van der Waals surface area contributed by atoms with Crippen LogP contribution in [0.4, 0.5) is 0 Å². The second-order valence-corrected chi connectivity index (χ2v) is 4.87. The van der Waals surface area contributed by atoms with Crippen molar-refractivity contribution in [3.63, 3.8) is 0 Å². The molecule has 0 aliphatic rings. The number of hydrogen-bond acceptors (Lipinski definition) is 3. The van der Waals surface area contributed by atoms with Crippen LogP contribution in [0.1, 0.15) is 9.67 Å². The van der Waals surface area contributed by atoms with Gasteiger partial charge in [-0.1, -0.05) is 30.0 Å². The predicted molar refractivity (Wildman–Crippen MR) is 61.8 cm³/mol. The van der Waals surface area contributed by atoms with Crippen molar-refractivity contribution in [2.24, 2.45) is 0 Å². The third-order valence-corrected chi connectivity index (χ3v) is 3.89. The number of hydrogen-bond donors (Lipinski definition) is 1. The summed E-state index contributed by atoms with van der Waals surface area (Å²) in [5.41, 5.74) is 0. The summed E-state index contributed by atoms with van der Waals surface area (Å²) >= 11 is 2.74. The second-order valence-electron chi connectivity index (χ2n) is 2.83. The molecule has 2 rings (SSSR count). The van der Waals surface area contributed by atoms with Gasteiger partial charge in [0.15, 0.2) is 0 Å². The standard InChI is InChI=1S/C11H8O2S2/c12-11(13)10-9(6-7-14-10)15-8-4-2-1-3-5-8/h1-7H,(H,12,13). The zero-order chi connectivity index (χ0) is 10.7. The van der Waals surface area contributed by atoms with Gasteiger partial charge in [-0.15, -0.1) is 11.3 Å². The van der Waals surface area contributed by atoms with Crippen molar-refractivity contribution < 1.29 is 9.90 Å². The van der Waals surface area contributed by atoms with Crippen LogP contribution in [0.25, 0.3) is 0 Å². The van der Waals surface area contributed by atoms with Gasteiger partial charge in [0, 0.05) is 9.79 Å². The van der Waals surface area contributed by atoms with Crippen molar-refractivity contribution in [1.82, 2.24) is 0 Å².